The molecule has 4 aliphatic rings. The second-order valence-electron chi connectivity index (χ2n) is 9.18. The Morgan fingerprint density at radius 1 is 1.08 bits per heavy atom. The molecule has 0 heterocycles. The molecule has 25 heavy (non-hydrogen) atoms. The Morgan fingerprint density at radius 3 is 2.56 bits per heavy atom. The molecule has 3 saturated carbocycles. The molecule has 0 saturated heterocycles. The van der Waals surface area contributed by atoms with Crippen LogP contribution in [0.25, 0.3) is 0 Å². The van der Waals surface area contributed by atoms with Crippen LogP contribution in [0, 0.1) is 28.6 Å². The summed E-state index contributed by atoms with van der Waals surface area (Å²) < 4.78 is 16.6. The molecule has 5 nitrogen and oxygen atoms in total. The third kappa shape index (κ3) is 2.79. The Kier molecular flexibility index (Phi) is 4.12. The van der Waals surface area contributed by atoms with Gasteiger partial charge < -0.3 is 9.79 Å². The van der Waals surface area contributed by atoms with Crippen molar-refractivity contribution in [2.75, 3.05) is 0 Å². The van der Waals surface area contributed by atoms with Gasteiger partial charge in [-0.2, -0.15) is 0 Å². The van der Waals surface area contributed by atoms with Crippen molar-refractivity contribution in [2.24, 2.45) is 28.6 Å². The molecule has 140 valence electrons. The van der Waals surface area contributed by atoms with Crippen LogP contribution >= 0.6 is 7.82 Å². The monoisotopic (exact) mass is 368 g/mol. The van der Waals surface area contributed by atoms with Crippen LogP contribution in [-0.4, -0.2) is 21.7 Å². The predicted molar refractivity (Wildman–Crippen MR) is 93.6 cm³/mol. The zero-order valence-corrected chi connectivity index (χ0v) is 16.0. The number of rotatable bonds is 2. The lowest BCUT2D eigenvalue weighted by Crippen LogP contribution is -2.51. The Hall–Kier alpha value is -0.480. The van der Waals surface area contributed by atoms with Gasteiger partial charge >= 0.3 is 7.82 Å². The summed E-state index contributed by atoms with van der Waals surface area (Å²) in [5.74, 6) is 1.92. The first-order chi connectivity index (χ1) is 11.6. The molecule has 0 radical (unpaired) electrons. The number of carbonyl (C=O) groups is 1. The van der Waals surface area contributed by atoms with E-state index in [4.69, 9.17) is 4.52 Å². The average molecular weight is 368 g/mol. The molecule has 6 atom stereocenters. The molecule has 4 rings (SSSR count). The second kappa shape index (κ2) is 5.76. The van der Waals surface area contributed by atoms with Crippen LogP contribution in [0.15, 0.2) is 11.6 Å². The highest BCUT2D eigenvalue weighted by atomic mass is 31.2. The molecular weight excluding hydrogens is 339 g/mol. The second-order valence-corrected chi connectivity index (χ2v) is 10.4. The van der Waals surface area contributed by atoms with E-state index in [2.05, 4.69) is 13.8 Å². The maximum absolute atomic E-state index is 11.9. The van der Waals surface area contributed by atoms with Gasteiger partial charge in [-0.15, -0.1) is 0 Å². The van der Waals surface area contributed by atoms with Crippen molar-refractivity contribution in [1.82, 2.24) is 0 Å². The highest BCUT2D eigenvalue weighted by molar-refractivity contribution is 7.46. The zero-order valence-electron chi connectivity index (χ0n) is 15.1. The van der Waals surface area contributed by atoms with Crippen molar-refractivity contribution in [3.63, 3.8) is 0 Å². The molecule has 2 N–H and O–H groups in total. The van der Waals surface area contributed by atoms with Gasteiger partial charge in [0.2, 0.25) is 0 Å². The summed E-state index contributed by atoms with van der Waals surface area (Å²) in [5, 5.41) is 0. The third-order valence-corrected chi connectivity index (χ3v) is 8.67. The van der Waals surface area contributed by atoms with E-state index < -0.39 is 7.82 Å². The zero-order chi connectivity index (χ0) is 18.0. The van der Waals surface area contributed by atoms with Gasteiger partial charge in [-0.05, 0) is 79.6 Å². The standard InChI is InChI=1S/C19H29O5P/c1-18-9-7-13(20)11-12(18)3-4-14-15-5-6-17(24-25(21,22)23)19(15,2)10-8-16(14)18/h11,14-17H,3-10H2,1-2H3,(H2,21,22,23)/t14-,15-,16-,17+,18-,19-/m0/s1. The van der Waals surface area contributed by atoms with Gasteiger partial charge in [-0.25, -0.2) is 4.57 Å². The van der Waals surface area contributed by atoms with Crippen molar-refractivity contribution in [1.29, 1.82) is 0 Å². The van der Waals surface area contributed by atoms with E-state index in [1.165, 1.54) is 5.57 Å². The summed E-state index contributed by atoms with van der Waals surface area (Å²) >= 11 is 0. The number of ketones is 1. The highest BCUT2D eigenvalue weighted by Crippen LogP contribution is 2.66. The molecule has 6 heteroatoms. The van der Waals surface area contributed by atoms with Crippen LogP contribution in [0.1, 0.15) is 65.2 Å². The molecule has 0 aliphatic heterocycles. The third-order valence-electron chi connectivity index (χ3n) is 8.14. The van der Waals surface area contributed by atoms with E-state index in [0.717, 1.165) is 44.9 Å². The fourth-order valence-corrected chi connectivity index (χ4v) is 7.53. The highest BCUT2D eigenvalue weighted by Gasteiger charge is 2.60. The van der Waals surface area contributed by atoms with Crippen molar-refractivity contribution in [3.05, 3.63) is 11.6 Å². The van der Waals surface area contributed by atoms with E-state index in [1.807, 2.05) is 6.08 Å². The van der Waals surface area contributed by atoms with Crippen molar-refractivity contribution in [2.45, 2.75) is 71.3 Å². The first kappa shape index (κ1) is 17.9. The minimum Gasteiger partial charge on any atom is -0.303 e. The molecule has 0 amide bonds. The van der Waals surface area contributed by atoms with E-state index >= 15 is 0 Å². The van der Waals surface area contributed by atoms with E-state index in [1.54, 1.807) is 0 Å². The molecule has 0 aromatic rings. The molecular formula is C19H29O5P. The van der Waals surface area contributed by atoms with Gasteiger partial charge in [0.1, 0.15) is 0 Å². The van der Waals surface area contributed by atoms with Gasteiger partial charge in [0.05, 0.1) is 6.10 Å². The fraction of sp³-hybridized carbons (Fsp3) is 0.842. The summed E-state index contributed by atoms with van der Waals surface area (Å²) in [6.07, 6.45) is 9.08. The van der Waals surface area contributed by atoms with Crippen LogP contribution in [-0.2, 0) is 13.9 Å². The Bertz CT molecular complexity index is 667. The Balaban J connectivity index is 1.61. The lowest BCUT2D eigenvalue weighted by atomic mass is 9.47. The van der Waals surface area contributed by atoms with Crippen LogP contribution in [0.4, 0.5) is 0 Å². The molecule has 0 bridgehead atoms. The molecule has 0 aromatic carbocycles. The summed E-state index contributed by atoms with van der Waals surface area (Å²) in [6, 6.07) is 0. The fourth-order valence-electron chi connectivity index (χ4n) is 6.85. The molecule has 3 fully saturated rings. The average Bonchev–Trinajstić information content (AvgIpc) is 2.83. The number of carbonyl (C=O) groups excluding carboxylic acids is 1. The lowest BCUT2D eigenvalue weighted by Gasteiger charge is -2.57. The lowest BCUT2D eigenvalue weighted by molar-refractivity contribution is -0.117. The van der Waals surface area contributed by atoms with Crippen LogP contribution < -0.4 is 0 Å². The van der Waals surface area contributed by atoms with E-state index in [9.17, 15) is 19.1 Å². The van der Waals surface area contributed by atoms with E-state index in [0.29, 0.717) is 24.2 Å². The van der Waals surface area contributed by atoms with Crippen LogP contribution in [0.3, 0.4) is 0 Å². The summed E-state index contributed by atoms with van der Waals surface area (Å²) in [5.41, 5.74) is 1.36. The van der Waals surface area contributed by atoms with Gasteiger partial charge in [-0.3, -0.25) is 9.32 Å². The number of fused-ring (bicyclic) bond motifs is 5. The maximum atomic E-state index is 11.9. The van der Waals surface area contributed by atoms with Crippen molar-refractivity contribution < 1.29 is 23.7 Å². The summed E-state index contributed by atoms with van der Waals surface area (Å²) in [6.45, 7) is 4.53. The van der Waals surface area contributed by atoms with Gasteiger partial charge in [0.15, 0.2) is 5.78 Å². The quantitative estimate of drug-likeness (QED) is 0.720. The first-order valence-electron chi connectivity index (χ1n) is 9.61. The number of phosphoric ester groups is 1. The van der Waals surface area contributed by atoms with Crippen LogP contribution in [0.5, 0.6) is 0 Å². The Morgan fingerprint density at radius 2 is 1.84 bits per heavy atom. The van der Waals surface area contributed by atoms with E-state index in [-0.39, 0.29) is 22.7 Å². The topological polar surface area (TPSA) is 83.8 Å². The largest absolute Gasteiger partial charge is 0.469 e. The molecule has 4 aliphatic carbocycles. The molecule has 0 unspecified atom stereocenters. The summed E-state index contributed by atoms with van der Waals surface area (Å²) in [4.78, 5) is 30.4. The smallest absolute Gasteiger partial charge is 0.303 e. The minimum absolute atomic E-state index is 0.135. The first-order valence-corrected chi connectivity index (χ1v) is 11.1. The Labute approximate surface area is 149 Å². The normalized spacial score (nSPS) is 46.9. The number of phosphoric acid groups is 1. The van der Waals surface area contributed by atoms with Gasteiger partial charge in [0, 0.05) is 6.42 Å². The molecule has 0 aromatic heterocycles. The van der Waals surface area contributed by atoms with Crippen LogP contribution in [0.2, 0.25) is 0 Å². The summed E-state index contributed by atoms with van der Waals surface area (Å²) in [7, 11) is -4.45. The maximum Gasteiger partial charge on any atom is 0.469 e. The SMILES string of the molecule is C[C@]12CC[C@H]3[C@@H](CCC4=CC(=O)CC[C@@]43C)[C@@H]1CC[C@H]2OP(=O)(O)O. The van der Waals surface area contributed by atoms with Gasteiger partial charge in [-0.1, -0.05) is 19.4 Å². The predicted octanol–water partition coefficient (Wildman–Crippen LogP) is 4.00. The number of hydrogen-bond donors (Lipinski definition) is 2. The number of allylic oxidation sites excluding steroid dienone is 1. The van der Waals surface area contributed by atoms with Gasteiger partial charge in [0.25, 0.3) is 0 Å². The number of hydrogen-bond acceptors (Lipinski definition) is 3. The minimum atomic E-state index is -4.45. The molecule has 0 spiro atoms. The van der Waals surface area contributed by atoms with Crippen molar-refractivity contribution in [3.8, 4) is 0 Å². The van der Waals surface area contributed by atoms with Crippen molar-refractivity contribution >= 4 is 13.6 Å².